The minimum absolute atomic E-state index is 0.0898. The topological polar surface area (TPSA) is 58.6 Å². The van der Waals surface area contributed by atoms with Gasteiger partial charge in [0.05, 0.1) is 17.3 Å². The van der Waals surface area contributed by atoms with Crippen LogP contribution in [0.4, 0.5) is 15.8 Å². The summed E-state index contributed by atoms with van der Waals surface area (Å²) in [7, 11) is 0. The number of hydrogen-bond donors (Lipinski definition) is 1. The minimum atomic E-state index is -0.574. The molecule has 0 saturated heterocycles. The van der Waals surface area contributed by atoms with Gasteiger partial charge in [-0.3, -0.25) is 9.59 Å². The molecule has 1 aliphatic heterocycles. The number of thioether (sulfide) groups is 1. The fourth-order valence-corrected chi connectivity index (χ4v) is 4.26. The van der Waals surface area contributed by atoms with Crippen LogP contribution in [-0.4, -0.2) is 18.4 Å². The van der Waals surface area contributed by atoms with Crippen LogP contribution >= 0.6 is 23.4 Å². The highest BCUT2D eigenvalue weighted by Gasteiger charge is 2.40. The first kappa shape index (κ1) is 21.9. The highest BCUT2D eigenvalue weighted by molar-refractivity contribution is 8.04. The smallest absolute Gasteiger partial charge is 0.283 e. The van der Waals surface area contributed by atoms with E-state index in [1.54, 1.807) is 24.3 Å². The van der Waals surface area contributed by atoms with Gasteiger partial charge in [0.25, 0.3) is 11.8 Å². The van der Waals surface area contributed by atoms with E-state index in [-0.39, 0.29) is 15.6 Å². The molecule has 1 aliphatic rings. The Morgan fingerprint density at radius 2 is 1.72 bits per heavy atom. The number of ether oxygens (including phenoxy) is 1. The Kier molecular flexibility index (Phi) is 6.48. The summed E-state index contributed by atoms with van der Waals surface area (Å²) in [6.45, 7) is 2.38. The molecular formula is C24H18ClFN2O3S. The molecule has 3 aromatic carbocycles. The Labute approximate surface area is 193 Å². The summed E-state index contributed by atoms with van der Waals surface area (Å²) in [6.07, 6.45) is 0. The Morgan fingerprint density at radius 3 is 2.38 bits per heavy atom. The molecule has 0 radical (unpaired) electrons. The number of hydrogen-bond acceptors (Lipinski definition) is 5. The lowest BCUT2D eigenvalue weighted by atomic mass is 10.2. The predicted octanol–water partition coefficient (Wildman–Crippen LogP) is 5.87. The molecule has 0 spiro atoms. The molecule has 1 N–H and O–H groups in total. The molecule has 0 aliphatic carbocycles. The summed E-state index contributed by atoms with van der Waals surface area (Å²) >= 11 is 7.07. The molecule has 5 nitrogen and oxygen atoms in total. The molecule has 0 aromatic heterocycles. The highest BCUT2D eigenvalue weighted by Crippen LogP contribution is 2.38. The number of nitrogens with zero attached hydrogens (tertiary/aromatic N) is 1. The molecule has 1 heterocycles. The molecule has 0 unspecified atom stereocenters. The van der Waals surface area contributed by atoms with Gasteiger partial charge in [0.1, 0.15) is 22.2 Å². The fraction of sp³-hybridized carbons (Fsp3) is 0.0833. The standard InChI is InChI=1S/C24H18ClFN2O3S/c1-2-31-17-11-9-16(10-12-17)28-23(29)21(27-15-8-13-20(26)19(25)14-15)22(24(28)30)32-18-6-4-3-5-7-18/h3-14,27H,2H2,1H3. The van der Waals surface area contributed by atoms with Crippen molar-refractivity contribution in [1.29, 1.82) is 0 Å². The van der Waals surface area contributed by atoms with E-state index in [9.17, 15) is 14.0 Å². The molecule has 4 rings (SSSR count). The molecule has 0 atom stereocenters. The van der Waals surface area contributed by atoms with Gasteiger partial charge in [-0.15, -0.1) is 0 Å². The van der Waals surface area contributed by atoms with Gasteiger partial charge in [-0.1, -0.05) is 41.6 Å². The predicted molar refractivity (Wildman–Crippen MR) is 124 cm³/mol. The molecule has 2 amide bonds. The second-order valence-corrected chi connectivity index (χ2v) is 8.24. The normalized spacial score (nSPS) is 13.7. The number of anilines is 2. The van der Waals surface area contributed by atoms with Gasteiger partial charge >= 0.3 is 0 Å². The SMILES string of the molecule is CCOc1ccc(N2C(=O)C(Nc3ccc(F)c(Cl)c3)=C(Sc3ccccc3)C2=O)cc1. The van der Waals surface area contributed by atoms with Crippen LogP contribution in [0.1, 0.15) is 6.92 Å². The summed E-state index contributed by atoms with van der Waals surface area (Å²) in [4.78, 5) is 28.8. The number of carbonyl (C=O) groups is 2. The Balaban J connectivity index is 1.71. The quantitative estimate of drug-likeness (QED) is 0.440. The zero-order valence-corrected chi connectivity index (χ0v) is 18.5. The van der Waals surface area contributed by atoms with Gasteiger partial charge in [-0.2, -0.15) is 0 Å². The van der Waals surface area contributed by atoms with E-state index in [1.165, 1.54) is 30.0 Å². The summed E-state index contributed by atoms with van der Waals surface area (Å²) in [5, 5.41) is 2.87. The maximum Gasteiger partial charge on any atom is 0.283 e. The molecule has 0 fully saturated rings. The Bertz CT molecular complexity index is 1200. The van der Waals surface area contributed by atoms with E-state index >= 15 is 0 Å². The lowest BCUT2D eigenvalue weighted by Crippen LogP contribution is -2.32. The third-order valence-electron chi connectivity index (χ3n) is 4.60. The van der Waals surface area contributed by atoms with E-state index in [0.29, 0.717) is 23.7 Å². The van der Waals surface area contributed by atoms with Crippen LogP contribution in [0, 0.1) is 5.82 Å². The van der Waals surface area contributed by atoms with Crippen molar-refractivity contribution in [3.05, 3.63) is 94.2 Å². The van der Waals surface area contributed by atoms with Crippen LogP contribution in [0.3, 0.4) is 0 Å². The van der Waals surface area contributed by atoms with Crippen molar-refractivity contribution >= 4 is 46.6 Å². The first-order chi connectivity index (χ1) is 15.5. The van der Waals surface area contributed by atoms with Gasteiger partial charge in [0.2, 0.25) is 0 Å². The third-order valence-corrected chi connectivity index (χ3v) is 5.98. The number of halogens is 2. The molecule has 162 valence electrons. The summed E-state index contributed by atoms with van der Waals surface area (Å²) in [6, 6.07) is 20.0. The van der Waals surface area contributed by atoms with Crippen LogP contribution < -0.4 is 15.0 Å². The van der Waals surface area contributed by atoms with E-state index < -0.39 is 17.6 Å². The van der Waals surface area contributed by atoms with Crippen LogP contribution in [0.5, 0.6) is 5.75 Å². The zero-order valence-electron chi connectivity index (χ0n) is 17.0. The highest BCUT2D eigenvalue weighted by atomic mass is 35.5. The van der Waals surface area contributed by atoms with Crippen LogP contribution in [0.2, 0.25) is 5.02 Å². The van der Waals surface area contributed by atoms with E-state index in [4.69, 9.17) is 16.3 Å². The molecule has 0 saturated carbocycles. The van der Waals surface area contributed by atoms with Crippen molar-refractivity contribution in [3.8, 4) is 5.75 Å². The molecule has 0 bridgehead atoms. The number of nitrogens with one attached hydrogen (secondary N) is 1. The summed E-state index contributed by atoms with van der Waals surface area (Å²) < 4.78 is 19.0. The van der Waals surface area contributed by atoms with Crippen molar-refractivity contribution in [3.63, 3.8) is 0 Å². The van der Waals surface area contributed by atoms with Gasteiger partial charge in [-0.05, 0) is 61.5 Å². The third kappa shape index (κ3) is 4.49. The zero-order chi connectivity index (χ0) is 22.7. The molecule has 32 heavy (non-hydrogen) atoms. The first-order valence-electron chi connectivity index (χ1n) is 9.79. The molecular weight excluding hydrogens is 451 g/mol. The summed E-state index contributed by atoms with van der Waals surface area (Å²) in [5.74, 6) is -0.904. The van der Waals surface area contributed by atoms with E-state index in [1.807, 2.05) is 37.3 Å². The van der Waals surface area contributed by atoms with Crippen LogP contribution in [0.25, 0.3) is 0 Å². The average molecular weight is 469 g/mol. The van der Waals surface area contributed by atoms with Gasteiger partial charge in [0.15, 0.2) is 0 Å². The van der Waals surface area contributed by atoms with Crippen molar-refractivity contribution in [2.45, 2.75) is 11.8 Å². The van der Waals surface area contributed by atoms with E-state index in [2.05, 4.69) is 5.32 Å². The van der Waals surface area contributed by atoms with Crippen molar-refractivity contribution in [2.75, 3.05) is 16.8 Å². The number of rotatable bonds is 7. The number of benzene rings is 3. The maximum atomic E-state index is 13.6. The van der Waals surface area contributed by atoms with E-state index in [0.717, 1.165) is 9.80 Å². The monoisotopic (exact) mass is 468 g/mol. The fourth-order valence-electron chi connectivity index (χ4n) is 3.13. The lowest BCUT2D eigenvalue weighted by molar-refractivity contribution is -0.120. The Hall–Kier alpha value is -3.29. The second kappa shape index (κ2) is 9.46. The molecule has 8 heteroatoms. The van der Waals surface area contributed by atoms with Gasteiger partial charge in [0, 0.05) is 10.6 Å². The maximum absolute atomic E-state index is 13.6. The number of amides is 2. The largest absolute Gasteiger partial charge is 0.494 e. The number of imide groups is 1. The van der Waals surface area contributed by atoms with Gasteiger partial charge in [-0.25, -0.2) is 9.29 Å². The Morgan fingerprint density at radius 1 is 1.00 bits per heavy atom. The van der Waals surface area contributed by atoms with Crippen molar-refractivity contribution in [2.24, 2.45) is 0 Å². The lowest BCUT2D eigenvalue weighted by Gasteiger charge is -2.16. The second-order valence-electron chi connectivity index (χ2n) is 6.75. The van der Waals surface area contributed by atoms with Gasteiger partial charge < -0.3 is 10.1 Å². The minimum Gasteiger partial charge on any atom is -0.494 e. The van der Waals surface area contributed by atoms with Crippen molar-refractivity contribution < 1.29 is 18.7 Å². The molecule has 3 aromatic rings. The van der Waals surface area contributed by atoms with Crippen LogP contribution in [-0.2, 0) is 9.59 Å². The van der Waals surface area contributed by atoms with Crippen LogP contribution in [0.15, 0.2) is 88.3 Å². The average Bonchev–Trinajstić information content (AvgIpc) is 3.02. The number of carbonyl (C=O) groups excluding carboxylic acids is 2. The van der Waals surface area contributed by atoms with Crippen molar-refractivity contribution in [1.82, 2.24) is 0 Å². The first-order valence-corrected chi connectivity index (χ1v) is 11.0. The summed E-state index contributed by atoms with van der Waals surface area (Å²) in [5.41, 5.74) is 0.913.